The maximum absolute atomic E-state index is 13.1. The largest absolute Gasteiger partial charge is 0.377 e. The minimum atomic E-state index is -0.371. The fourth-order valence-electron chi connectivity index (χ4n) is 4.85. The highest BCUT2D eigenvalue weighted by Crippen LogP contribution is 2.42. The van der Waals surface area contributed by atoms with E-state index in [9.17, 15) is 4.79 Å². The Morgan fingerprint density at radius 1 is 0.958 bits per heavy atom. The molecule has 0 aromatic rings. The van der Waals surface area contributed by atoms with E-state index < -0.39 is 0 Å². The second-order valence-corrected chi connectivity index (χ2v) is 7.83. The van der Waals surface area contributed by atoms with E-state index in [1.54, 1.807) is 5.06 Å². The monoisotopic (exact) mass is 337 g/mol. The van der Waals surface area contributed by atoms with E-state index >= 15 is 0 Å². The smallest absolute Gasteiger partial charge is 0.256 e. The number of amides is 1. The van der Waals surface area contributed by atoms with Crippen LogP contribution in [0, 0.1) is 5.41 Å². The Hall–Kier alpha value is -0.690. The quantitative estimate of drug-likeness (QED) is 0.769. The third kappa shape index (κ3) is 3.21. The van der Waals surface area contributed by atoms with E-state index in [1.807, 2.05) is 0 Å². The molecule has 0 aromatic heterocycles. The van der Waals surface area contributed by atoms with Gasteiger partial charge >= 0.3 is 0 Å². The number of nitrogens with zero attached hydrogens (tertiary/aromatic N) is 3. The second-order valence-electron chi connectivity index (χ2n) is 7.83. The molecule has 0 bridgehead atoms. The van der Waals surface area contributed by atoms with Crippen LogP contribution in [0.5, 0.6) is 0 Å². The fourth-order valence-corrected chi connectivity index (χ4v) is 4.85. The Morgan fingerprint density at radius 2 is 1.79 bits per heavy atom. The van der Waals surface area contributed by atoms with Gasteiger partial charge in [-0.3, -0.25) is 9.63 Å². The molecule has 4 saturated heterocycles. The first-order valence-electron chi connectivity index (χ1n) is 9.79. The molecular formula is C18H31N3O3. The van der Waals surface area contributed by atoms with Crippen LogP contribution in [-0.2, 0) is 14.4 Å². The third-order valence-corrected chi connectivity index (χ3v) is 6.28. The topological polar surface area (TPSA) is 45.3 Å². The molecule has 6 heteroatoms. The van der Waals surface area contributed by atoms with Gasteiger partial charge in [-0.25, -0.2) is 5.06 Å². The van der Waals surface area contributed by atoms with Crippen LogP contribution in [0.15, 0.2) is 0 Å². The molecule has 0 saturated carbocycles. The van der Waals surface area contributed by atoms with Crippen molar-refractivity contribution in [2.75, 3.05) is 59.0 Å². The number of hydroxylamine groups is 2. The van der Waals surface area contributed by atoms with Gasteiger partial charge in [0.2, 0.25) is 0 Å². The zero-order valence-corrected chi connectivity index (χ0v) is 14.8. The Bertz CT molecular complexity index is 449. The lowest BCUT2D eigenvalue weighted by atomic mass is 9.75. The van der Waals surface area contributed by atoms with Crippen molar-refractivity contribution in [1.82, 2.24) is 14.9 Å². The van der Waals surface area contributed by atoms with Gasteiger partial charge < -0.3 is 14.5 Å². The van der Waals surface area contributed by atoms with Crippen LogP contribution in [0.4, 0.5) is 0 Å². The number of hydrogen-bond donors (Lipinski definition) is 0. The summed E-state index contributed by atoms with van der Waals surface area (Å²) in [5, 5.41) is 1.62. The molecule has 0 unspecified atom stereocenters. The van der Waals surface area contributed by atoms with Gasteiger partial charge in [-0.05, 0) is 45.2 Å². The standard InChI is InChI=1S/C18H31N3O3/c22-17(21-9-4-13-24-21)18-6-14-23-16(18)5-10-20(15-18)12-11-19-7-2-1-3-8-19/h16H,1-15H2/t16-,18-/m0/s1. The van der Waals surface area contributed by atoms with Gasteiger partial charge in [-0.2, -0.15) is 0 Å². The average molecular weight is 337 g/mol. The van der Waals surface area contributed by atoms with Crippen LogP contribution in [0.2, 0.25) is 0 Å². The zero-order chi connectivity index (χ0) is 16.4. The summed E-state index contributed by atoms with van der Waals surface area (Å²) in [6.45, 7) is 8.70. The van der Waals surface area contributed by atoms with Crippen molar-refractivity contribution in [3.63, 3.8) is 0 Å². The van der Waals surface area contributed by atoms with Crippen LogP contribution in [0.1, 0.15) is 38.5 Å². The molecule has 6 nitrogen and oxygen atoms in total. The van der Waals surface area contributed by atoms with E-state index in [4.69, 9.17) is 9.57 Å². The highest BCUT2D eigenvalue weighted by Gasteiger charge is 2.55. The number of fused-ring (bicyclic) bond motifs is 1. The molecule has 2 atom stereocenters. The van der Waals surface area contributed by atoms with Crippen LogP contribution in [0.3, 0.4) is 0 Å². The van der Waals surface area contributed by atoms with Crippen LogP contribution >= 0.6 is 0 Å². The van der Waals surface area contributed by atoms with Crippen molar-refractivity contribution in [2.24, 2.45) is 5.41 Å². The molecule has 24 heavy (non-hydrogen) atoms. The molecule has 0 radical (unpaired) electrons. The lowest BCUT2D eigenvalue weighted by molar-refractivity contribution is -0.187. The summed E-state index contributed by atoms with van der Waals surface area (Å²) < 4.78 is 5.94. The van der Waals surface area contributed by atoms with Crippen molar-refractivity contribution < 1.29 is 14.4 Å². The molecule has 4 aliphatic heterocycles. The Balaban J connectivity index is 1.39. The molecule has 0 spiro atoms. The molecule has 4 aliphatic rings. The molecule has 0 aliphatic carbocycles. The van der Waals surface area contributed by atoms with Gasteiger partial charge in [0.1, 0.15) is 0 Å². The van der Waals surface area contributed by atoms with E-state index in [-0.39, 0.29) is 17.4 Å². The highest BCUT2D eigenvalue weighted by molar-refractivity contribution is 5.83. The van der Waals surface area contributed by atoms with Gasteiger partial charge in [0, 0.05) is 32.8 Å². The minimum absolute atomic E-state index is 0.0837. The Morgan fingerprint density at radius 3 is 2.58 bits per heavy atom. The van der Waals surface area contributed by atoms with E-state index in [2.05, 4.69) is 9.80 Å². The number of hydrogen-bond acceptors (Lipinski definition) is 5. The van der Waals surface area contributed by atoms with Gasteiger partial charge in [0.15, 0.2) is 0 Å². The maximum atomic E-state index is 13.1. The van der Waals surface area contributed by atoms with Gasteiger partial charge in [-0.1, -0.05) is 6.42 Å². The highest BCUT2D eigenvalue weighted by atomic mass is 16.7. The van der Waals surface area contributed by atoms with E-state index in [0.29, 0.717) is 13.2 Å². The molecule has 4 fully saturated rings. The van der Waals surface area contributed by atoms with Gasteiger partial charge in [0.05, 0.1) is 24.7 Å². The summed E-state index contributed by atoms with van der Waals surface area (Å²) in [7, 11) is 0. The molecule has 4 heterocycles. The zero-order valence-electron chi connectivity index (χ0n) is 14.8. The number of piperidine rings is 2. The number of carbonyl (C=O) groups is 1. The number of likely N-dealkylation sites (tertiary alicyclic amines) is 2. The third-order valence-electron chi connectivity index (χ3n) is 6.28. The van der Waals surface area contributed by atoms with Gasteiger partial charge in [0.25, 0.3) is 5.91 Å². The van der Waals surface area contributed by atoms with Gasteiger partial charge in [-0.15, -0.1) is 0 Å². The first-order valence-corrected chi connectivity index (χ1v) is 9.79. The van der Waals surface area contributed by atoms with Crippen molar-refractivity contribution in [3.8, 4) is 0 Å². The van der Waals surface area contributed by atoms with Crippen molar-refractivity contribution >= 4 is 5.91 Å². The normalized spacial score (nSPS) is 35.3. The van der Waals surface area contributed by atoms with Crippen LogP contribution < -0.4 is 0 Å². The van der Waals surface area contributed by atoms with E-state index in [1.165, 1.54) is 32.4 Å². The maximum Gasteiger partial charge on any atom is 0.256 e. The number of ether oxygens (including phenoxy) is 1. The predicted molar refractivity (Wildman–Crippen MR) is 90.4 cm³/mol. The minimum Gasteiger partial charge on any atom is -0.377 e. The average Bonchev–Trinajstić information content (AvgIpc) is 3.30. The van der Waals surface area contributed by atoms with Crippen LogP contribution in [-0.4, -0.2) is 85.9 Å². The summed E-state index contributed by atoms with van der Waals surface area (Å²) in [6, 6.07) is 0. The molecular weight excluding hydrogens is 306 g/mol. The van der Waals surface area contributed by atoms with Crippen molar-refractivity contribution in [2.45, 2.75) is 44.6 Å². The molecule has 136 valence electrons. The Kier molecular flexibility index (Phi) is 5.08. The molecule has 0 N–H and O–H groups in total. The fraction of sp³-hybridized carbons (Fsp3) is 0.944. The first kappa shape index (κ1) is 16.8. The summed E-state index contributed by atoms with van der Waals surface area (Å²) >= 11 is 0. The van der Waals surface area contributed by atoms with Crippen molar-refractivity contribution in [1.29, 1.82) is 0 Å². The lowest BCUT2D eigenvalue weighted by Gasteiger charge is -2.44. The van der Waals surface area contributed by atoms with E-state index in [0.717, 1.165) is 52.0 Å². The first-order chi connectivity index (χ1) is 11.8. The summed E-state index contributed by atoms with van der Waals surface area (Å²) in [5.74, 6) is 0.171. The number of carbonyl (C=O) groups excluding carboxylic acids is 1. The summed E-state index contributed by atoms with van der Waals surface area (Å²) in [5.41, 5.74) is -0.371. The number of rotatable bonds is 4. The lowest BCUT2D eigenvalue weighted by Crippen LogP contribution is -2.58. The van der Waals surface area contributed by atoms with Crippen molar-refractivity contribution in [3.05, 3.63) is 0 Å². The molecule has 0 aromatic carbocycles. The summed E-state index contributed by atoms with van der Waals surface area (Å²) in [4.78, 5) is 23.8. The predicted octanol–water partition coefficient (Wildman–Crippen LogP) is 1.12. The SMILES string of the molecule is O=C(N1CCCO1)[C@]12CCO[C@H]1CCN(CCN1CCCCC1)C2. The van der Waals surface area contributed by atoms with Crippen LogP contribution in [0.25, 0.3) is 0 Å². The Labute approximate surface area is 145 Å². The molecule has 4 rings (SSSR count). The second kappa shape index (κ2) is 7.28. The summed E-state index contributed by atoms with van der Waals surface area (Å²) in [6.07, 6.45) is 6.91. The molecule has 1 amide bonds.